The van der Waals surface area contributed by atoms with E-state index in [1.54, 1.807) is 48.5 Å². The average Bonchev–Trinajstić information content (AvgIpc) is 3.32. The van der Waals surface area contributed by atoms with Gasteiger partial charge in [-0.15, -0.1) is 5.10 Å². The molecular formula is C22H19FN6O3S2. The molecule has 0 saturated heterocycles. The van der Waals surface area contributed by atoms with Crippen molar-refractivity contribution in [1.29, 1.82) is 0 Å². The number of thioether (sulfide) groups is 1. The summed E-state index contributed by atoms with van der Waals surface area (Å²) in [6.45, 7) is 0. The first-order chi connectivity index (χ1) is 16.3. The molecule has 0 radical (unpaired) electrons. The summed E-state index contributed by atoms with van der Waals surface area (Å²) >= 11 is 1.06. The predicted molar refractivity (Wildman–Crippen MR) is 127 cm³/mol. The molecule has 12 heteroatoms. The molecule has 4 aromatic rings. The number of hydrogen-bond acceptors (Lipinski definition) is 7. The zero-order valence-corrected chi connectivity index (χ0v) is 19.5. The van der Waals surface area contributed by atoms with Crippen LogP contribution in [0.5, 0.6) is 0 Å². The van der Waals surface area contributed by atoms with E-state index in [9.17, 15) is 17.6 Å². The zero-order valence-electron chi connectivity index (χ0n) is 17.9. The maximum absolute atomic E-state index is 13.5. The molecule has 34 heavy (non-hydrogen) atoms. The van der Waals surface area contributed by atoms with E-state index < -0.39 is 15.8 Å². The highest BCUT2D eigenvalue weighted by molar-refractivity contribution is 7.99. The summed E-state index contributed by atoms with van der Waals surface area (Å²) in [5, 5.41) is 14.3. The Morgan fingerprint density at radius 2 is 1.82 bits per heavy atom. The number of halogens is 1. The highest BCUT2D eigenvalue weighted by Crippen LogP contribution is 2.24. The van der Waals surface area contributed by atoms with Crippen LogP contribution in [0.2, 0.25) is 0 Å². The maximum atomic E-state index is 13.5. The van der Waals surface area contributed by atoms with Gasteiger partial charge in [-0.05, 0) is 59.0 Å². The molecule has 9 nitrogen and oxygen atoms in total. The van der Waals surface area contributed by atoms with E-state index in [0.717, 1.165) is 11.8 Å². The van der Waals surface area contributed by atoms with Crippen LogP contribution in [-0.2, 0) is 14.8 Å². The Balaban J connectivity index is 1.43. The first kappa shape index (κ1) is 23.4. The van der Waals surface area contributed by atoms with Gasteiger partial charge in [-0.1, -0.05) is 42.1 Å². The van der Waals surface area contributed by atoms with Gasteiger partial charge in [0.05, 0.1) is 22.0 Å². The van der Waals surface area contributed by atoms with Crippen molar-refractivity contribution < 1.29 is 17.6 Å². The highest BCUT2D eigenvalue weighted by atomic mass is 32.2. The normalized spacial score (nSPS) is 11.2. The van der Waals surface area contributed by atoms with E-state index in [-0.39, 0.29) is 16.6 Å². The number of rotatable bonds is 8. The number of aromatic nitrogens is 4. The third-order valence-corrected chi connectivity index (χ3v) is 7.42. The van der Waals surface area contributed by atoms with Gasteiger partial charge in [0.2, 0.25) is 11.1 Å². The molecule has 0 aliphatic rings. The molecule has 0 aliphatic heterocycles. The fourth-order valence-electron chi connectivity index (χ4n) is 3.04. The van der Waals surface area contributed by atoms with Crippen molar-refractivity contribution in [2.24, 2.45) is 0 Å². The Morgan fingerprint density at radius 3 is 2.59 bits per heavy atom. The zero-order chi connectivity index (χ0) is 24.1. The Bertz CT molecular complexity index is 1410. The van der Waals surface area contributed by atoms with Crippen LogP contribution in [0.15, 0.2) is 88.9 Å². The van der Waals surface area contributed by atoms with Crippen LogP contribution in [0, 0.1) is 5.82 Å². The standard InChI is InChI=1S/C22H19FN6O3S2/c1-28(18-9-3-2-4-10-18)34(31,32)20-12-6-8-17(14-20)24-21(30)15-33-22-25-26-27-29(22)19-11-5-7-16(23)13-19/h2-14H,15H2,1H3,(H,24,30). The largest absolute Gasteiger partial charge is 0.325 e. The minimum atomic E-state index is -3.82. The van der Waals surface area contributed by atoms with E-state index in [4.69, 9.17) is 0 Å². The highest BCUT2D eigenvalue weighted by Gasteiger charge is 2.22. The fraction of sp³-hybridized carbons (Fsp3) is 0.0909. The van der Waals surface area contributed by atoms with E-state index in [1.165, 1.54) is 46.4 Å². The number of anilines is 2. The number of carbonyl (C=O) groups excluding carboxylic acids is 1. The molecule has 0 spiro atoms. The number of nitrogens with one attached hydrogen (secondary N) is 1. The molecule has 0 saturated carbocycles. The minimum absolute atomic E-state index is 0.0411. The van der Waals surface area contributed by atoms with Crippen LogP contribution in [0.1, 0.15) is 0 Å². The van der Waals surface area contributed by atoms with Crippen molar-refractivity contribution in [2.75, 3.05) is 22.4 Å². The first-order valence-corrected chi connectivity index (χ1v) is 12.4. The van der Waals surface area contributed by atoms with E-state index in [2.05, 4.69) is 20.8 Å². The summed E-state index contributed by atoms with van der Waals surface area (Å²) in [5.74, 6) is -0.865. The monoisotopic (exact) mass is 498 g/mol. The molecule has 0 fully saturated rings. The lowest BCUT2D eigenvalue weighted by molar-refractivity contribution is -0.113. The van der Waals surface area contributed by atoms with Crippen molar-refractivity contribution in [3.05, 3.63) is 84.7 Å². The van der Waals surface area contributed by atoms with Gasteiger partial charge >= 0.3 is 0 Å². The lowest BCUT2D eigenvalue weighted by Crippen LogP contribution is -2.26. The van der Waals surface area contributed by atoms with Crippen molar-refractivity contribution in [1.82, 2.24) is 20.2 Å². The number of hydrogen-bond donors (Lipinski definition) is 1. The van der Waals surface area contributed by atoms with Gasteiger partial charge in [-0.25, -0.2) is 12.8 Å². The summed E-state index contributed by atoms with van der Waals surface area (Å²) in [7, 11) is -2.35. The summed E-state index contributed by atoms with van der Waals surface area (Å²) in [4.78, 5) is 12.5. The third-order valence-electron chi connectivity index (χ3n) is 4.72. The molecule has 0 atom stereocenters. The molecule has 1 N–H and O–H groups in total. The quantitative estimate of drug-likeness (QED) is 0.371. The second-order valence-corrected chi connectivity index (χ2v) is 9.94. The van der Waals surface area contributed by atoms with Crippen LogP contribution in [0.25, 0.3) is 5.69 Å². The molecule has 3 aromatic carbocycles. The summed E-state index contributed by atoms with van der Waals surface area (Å²) < 4.78 is 42.0. The molecular weight excluding hydrogens is 479 g/mol. The topological polar surface area (TPSA) is 110 Å². The van der Waals surface area contributed by atoms with Gasteiger partial charge in [0.1, 0.15) is 5.82 Å². The Labute approximate surface area is 199 Å². The van der Waals surface area contributed by atoms with Crippen molar-refractivity contribution in [2.45, 2.75) is 10.1 Å². The molecule has 4 rings (SSSR count). The van der Waals surface area contributed by atoms with Crippen molar-refractivity contribution in [3.63, 3.8) is 0 Å². The van der Waals surface area contributed by atoms with Crippen molar-refractivity contribution in [3.8, 4) is 5.69 Å². The summed E-state index contributed by atoms with van der Waals surface area (Å²) in [6, 6.07) is 20.5. The fourth-order valence-corrected chi connectivity index (χ4v) is 4.97. The minimum Gasteiger partial charge on any atom is -0.325 e. The number of nitrogens with zero attached hydrogens (tertiary/aromatic N) is 5. The van der Waals surface area contributed by atoms with E-state index in [0.29, 0.717) is 22.2 Å². The van der Waals surface area contributed by atoms with Crippen LogP contribution in [0.4, 0.5) is 15.8 Å². The number of amides is 1. The molecule has 174 valence electrons. The van der Waals surface area contributed by atoms with Gasteiger partial charge in [0, 0.05) is 12.7 Å². The maximum Gasteiger partial charge on any atom is 0.264 e. The number of tetrazole rings is 1. The van der Waals surface area contributed by atoms with Gasteiger partial charge in [0.15, 0.2) is 0 Å². The molecule has 1 amide bonds. The van der Waals surface area contributed by atoms with Crippen LogP contribution in [-0.4, -0.2) is 47.3 Å². The second kappa shape index (κ2) is 10.0. The van der Waals surface area contributed by atoms with Gasteiger partial charge in [0.25, 0.3) is 10.0 Å². The van der Waals surface area contributed by atoms with E-state index in [1.807, 2.05) is 0 Å². The second-order valence-electron chi connectivity index (χ2n) is 7.03. The Hall–Kier alpha value is -3.77. The lowest BCUT2D eigenvalue weighted by atomic mass is 10.3. The average molecular weight is 499 g/mol. The summed E-state index contributed by atoms with van der Waals surface area (Å²) in [6.07, 6.45) is 0. The number of para-hydroxylation sites is 1. The smallest absolute Gasteiger partial charge is 0.264 e. The van der Waals surface area contributed by atoms with Crippen molar-refractivity contribution >= 4 is 39.1 Å². The molecule has 0 bridgehead atoms. The van der Waals surface area contributed by atoms with E-state index >= 15 is 0 Å². The summed E-state index contributed by atoms with van der Waals surface area (Å²) in [5.41, 5.74) is 1.27. The predicted octanol–water partition coefficient (Wildman–Crippen LogP) is 3.36. The van der Waals surface area contributed by atoms with Gasteiger partial charge in [-0.3, -0.25) is 9.10 Å². The third kappa shape index (κ3) is 5.24. The Kier molecular flexibility index (Phi) is 6.89. The van der Waals surface area contributed by atoms with Crippen LogP contribution in [0.3, 0.4) is 0 Å². The SMILES string of the molecule is CN(c1ccccc1)S(=O)(=O)c1cccc(NC(=O)CSc2nnnn2-c2cccc(F)c2)c1. The van der Waals surface area contributed by atoms with Gasteiger partial charge in [-0.2, -0.15) is 4.68 Å². The molecule has 1 heterocycles. The molecule has 1 aromatic heterocycles. The lowest BCUT2D eigenvalue weighted by Gasteiger charge is -2.19. The number of benzene rings is 3. The molecule has 0 unspecified atom stereocenters. The first-order valence-electron chi connectivity index (χ1n) is 9.95. The number of carbonyl (C=O) groups is 1. The van der Waals surface area contributed by atoms with Crippen LogP contribution >= 0.6 is 11.8 Å². The van der Waals surface area contributed by atoms with Gasteiger partial charge < -0.3 is 5.32 Å². The number of sulfonamides is 1. The Morgan fingerprint density at radius 1 is 1.06 bits per heavy atom. The molecule has 0 aliphatic carbocycles. The van der Waals surface area contributed by atoms with Crippen LogP contribution < -0.4 is 9.62 Å².